The predicted molar refractivity (Wildman–Crippen MR) is 64.2 cm³/mol. The molecule has 0 aliphatic rings. The van der Waals surface area contributed by atoms with Gasteiger partial charge < -0.3 is 9.73 Å². The summed E-state index contributed by atoms with van der Waals surface area (Å²) in [5.41, 5.74) is 2.67. The average Bonchev–Trinajstić information content (AvgIpc) is 2.64. The van der Waals surface area contributed by atoms with Crippen LogP contribution in [0.1, 0.15) is 17.9 Å². The number of hydrogen-bond acceptors (Lipinski definition) is 3. The van der Waals surface area contributed by atoms with Crippen LogP contribution in [0.3, 0.4) is 0 Å². The van der Waals surface area contributed by atoms with Crippen molar-refractivity contribution in [2.75, 3.05) is 13.6 Å². The number of fused-ring (bicyclic) bond motifs is 1. The van der Waals surface area contributed by atoms with Gasteiger partial charge in [0.1, 0.15) is 5.52 Å². The van der Waals surface area contributed by atoms with Crippen LogP contribution in [-0.4, -0.2) is 18.6 Å². The maximum atomic E-state index is 5.40. The van der Waals surface area contributed by atoms with E-state index in [0.717, 1.165) is 29.6 Å². The highest BCUT2D eigenvalue weighted by molar-refractivity contribution is 5.74. The maximum absolute atomic E-state index is 5.40. The van der Waals surface area contributed by atoms with E-state index in [-0.39, 0.29) is 0 Å². The van der Waals surface area contributed by atoms with E-state index < -0.39 is 0 Å². The quantitative estimate of drug-likeness (QED) is 0.614. The van der Waals surface area contributed by atoms with Crippen LogP contribution in [0.5, 0.6) is 0 Å². The normalized spacial score (nSPS) is 10.1. The molecule has 82 valence electrons. The minimum Gasteiger partial charge on any atom is -0.441 e. The van der Waals surface area contributed by atoms with Crippen LogP contribution in [-0.2, 0) is 0 Å². The number of oxazole rings is 1. The summed E-state index contributed by atoms with van der Waals surface area (Å²) in [6, 6.07) is 5.83. The van der Waals surface area contributed by atoms with Gasteiger partial charge in [-0.05, 0) is 25.2 Å². The van der Waals surface area contributed by atoms with Gasteiger partial charge in [-0.1, -0.05) is 11.8 Å². The molecule has 0 atom stereocenters. The van der Waals surface area contributed by atoms with Crippen molar-refractivity contribution in [1.82, 2.24) is 10.3 Å². The van der Waals surface area contributed by atoms with E-state index in [9.17, 15) is 0 Å². The Morgan fingerprint density at radius 2 is 2.31 bits per heavy atom. The molecule has 3 nitrogen and oxygen atoms in total. The first kappa shape index (κ1) is 10.7. The summed E-state index contributed by atoms with van der Waals surface area (Å²) in [5.74, 6) is 6.90. The Kier molecular flexibility index (Phi) is 3.23. The molecular weight excluding hydrogens is 200 g/mol. The minimum atomic E-state index is 0.690. The topological polar surface area (TPSA) is 38.1 Å². The average molecular weight is 214 g/mol. The summed E-state index contributed by atoms with van der Waals surface area (Å²) >= 11 is 0. The Labute approximate surface area is 94.9 Å². The van der Waals surface area contributed by atoms with Gasteiger partial charge in [0.05, 0.1) is 0 Å². The largest absolute Gasteiger partial charge is 0.441 e. The highest BCUT2D eigenvalue weighted by atomic mass is 16.3. The second-order valence-corrected chi connectivity index (χ2v) is 3.57. The molecule has 0 radical (unpaired) electrons. The first-order valence-electron chi connectivity index (χ1n) is 5.30. The Hall–Kier alpha value is -1.79. The molecule has 0 aliphatic carbocycles. The molecule has 0 aliphatic heterocycles. The first-order valence-corrected chi connectivity index (χ1v) is 5.30. The van der Waals surface area contributed by atoms with E-state index >= 15 is 0 Å². The summed E-state index contributed by atoms with van der Waals surface area (Å²) in [6.45, 7) is 2.76. The smallest absolute Gasteiger partial charge is 0.192 e. The fourth-order valence-corrected chi connectivity index (χ4v) is 1.47. The lowest BCUT2D eigenvalue weighted by molar-refractivity contribution is 0.561. The van der Waals surface area contributed by atoms with E-state index in [4.69, 9.17) is 4.42 Å². The molecule has 0 saturated heterocycles. The molecule has 3 heteroatoms. The molecule has 1 aromatic heterocycles. The molecule has 1 N–H and O–H groups in total. The first-order chi connectivity index (χ1) is 7.79. The van der Waals surface area contributed by atoms with Crippen molar-refractivity contribution in [3.63, 3.8) is 0 Å². The standard InChI is InChI=1S/C13H14N2O/c1-10-15-12-9-11(5-3-4-8-14-2)6-7-13(12)16-10/h6-7,9,14H,4,8H2,1-2H3. The zero-order valence-corrected chi connectivity index (χ0v) is 9.50. The van der Waals surface area contributed by atoms with Crippen LogP contribution < -0.4 is 5.32 Å². The molecule has 0 fully saturated rings. The molecule has 2 aromatic rings. The number of rotatable bonds is 2. The summed E-state index contributed by atoms with van der Waals surface area (Å²) in [6.07, 6.45) is 0.854. The van der Waals surface area contributed by atoms with Crippen molar-refractivity contribution in [1.29, 1.82) is 0 Å². The van der Waals surface area contributed by atoms with E-state index in [1.165, 1.54) is 0 Å². The Morgan fingerprint density at radius 1 is 1.44 bits per heavy atom. The molecule has 0 amide bonds. The Bertz CT molecular complexity index is 546. The van der Waals surface area contributed by atoms with Gasteiger partial charge in [-0.3, -0.25) is 0 Å². The van der Waals surface area contributed by atoms with Crippen LogP contribution in [0, 0.1) is 18.8 Å². The Balaban J connectivity index is 2.21. The van der Waals surface area contributed by atoms with Crippen LogP contribution >= 0.6 is 0 Å². The van der Waals surface area contributed by atoms with Crippen molar-refractivity contribution < 1.29 is 4.42 Å². The van der Waals surface area contributed by atoms with E-state index in [1.54, 1.807) is 0 Å². The van der Waals surface area contributed by atoms with Crippen molar-refractivity contribution in [3.8, 4) is 11.8 Å². The third-order valence-corrected chi connectivity index (χ3v) is 2.23. The third kappa shape index (κ3) is 2.41. The lowest BCUT2D eigenvalue weighted by Gasteiger charge is -1.90. The maximum Gasteiger partial charge on any atom is 0.192 e. The molecule has 0 unspecified atom stereocenters. The van der Waals surface area contributed by atoms with Gasteiger partial charge in [0.15, 0.2) is 11.5 Å². The highest BCUT2D eigenvalue weighted by Gasteiger charge is 2.01. The van der Waals surface area contributed by atoms with Crippen LogP contribution in [0.25, 0.3) is 11.1 Å². The number of hydrogen-bond donors (Lipinski definition) is 1. The van der Waals surface area contributed by atoms with Gasteiger partial charge in [-0.15, -0.1) is 0 Å². The predicted octanol–water partition coefficient (Wildman–Crippen LogP) is 2.10. The molecular formula is C13H14N2O. The summed E-state index contributed by atoms with van der Waals surface area (Å²) < 4.78 is 5.40. The van der Waals surface area contributed by atoms with E-state index in [0.29, 0.717) is 5.89 Å². The number of nitrogens with one attached hydrogen (secondary N) is 1. The number of nitrogens with zero attached hydrogens (tertiary/aromatic N) is 1. The second kappa shape index (κ2) is 4.82. The summed E-state index contributed by atoms with van der Waals surface area (Å²) in [7, 11) is 1.92. The molecule has 2 rings (SSSR count). The van der Waals surface area contributed by atoms with E-state index in [1.807, 2.05) is 32.2 Å². The minimum absolute atomic E-state index is 0.690. The van der Waals surface area contributed by atoms with Crippen molar-refractivity contribution in [2.45, 2.75) is 13.3 Å². The second-order valence-electron chi connectivity index (χ2n) is 3.57. The molecule has 0 spiro atoms. The van der Waals surface area contributed by atoms with Crippen molar-refractivity contribution in [2.24, 2.45) is 0 Å². The van der Waals surface area contributed by atoms with Crippen LogP contribution in [0.2, 0.25) is 0 Å². The van der Waals surface area contributed by atoms with Gasteiger partial charge in [0, 0.05) is 25.5 Å². The lowest BCUT2D eigenvalue weighted by Crippen LogP contribution is -2.05. The third-order valence-electron chi connectivity index (χ3n) is 2.23. The van der Waals surface area contributed by atoms with Gasteiger partial charge in [-0.25, -0.2) is 4.98 Å². The summed E-state index contributed by atoms with van der Waals surface area (Å²) in [5, 5.41) is 3.06. The highest BCUT2D eigenvalue weighted by Crippen LogP contribution is 2.16. The van der Waals surface area contributed by atoms with Crippen molar-refractivity contribution in [3.05, 3.63) is 29.7 Å². The van der Waals surface area contributed by atoms with Gasteiger partial charge in [0.25, 0.3) is 0 Å². The number of benzene rings is 1. The number of aryl methyl sites for hydroxylation is 1. The Morgan fingerprint density at radius 3 is 3.12 bits per heavy atom. The fraction of sp³-hybridized carbons (Fsp3) is 0.308. The lowest BCUT2D eigenvalue weighted by atomic mass is 10.2. The van der Waals surface area contributed by atoms with E-state index in [2.05, 4.69) is 22.1 Å². The summed E-state index contributed by atoms with van der Waals surface area (Å²) in [4.78, 5) is 4.27. The van der Waals surface area contributed by atoms with Gasteiger partial charge in [0.2, 0.25) is 0 Å². The van der Waals surface area contributed by atoms with Gasteiger partial charge >= 0.3 is 0 Å². The van der Waals surface area contributed by atoms with Crippen LogP contribution in [0.15, 0.2) is 22.6 Å². The zero-order chi connectivity index (χ0) is 11.4. The molecule has 16 heavy (non-hydrogen) atoms. The fourth-order valence-electron chi connectivity index (χ4n) is 1.47. The van der Waals surface area contributed by atoms with Crippen LogP contribution in [0.4, 0.5) is 0 Å². The van der Waals surface area contributed by atoms with Crippen molar-refractivity contribution >= 4 is 11.1 Å². The molecule has 1 heterocycles. The zero-order valence-electron chi connectivity index (χ0n) is 9.50. The monoisotopic (exact) mass is 214 g/mol. The number of aromatic nitrogens is 1. The molecule has 0 saturated carbocycles. The molecule has 0 bridgehead atoms. The van der Waals surface area contributed by atoms with Gasteiger partial charge in [-0.2, -0.15) is 0 Å². The SMILES string of the molecule is CNCCC#Cc1ccc2oc(C)nc2c1. The molecule has 1 aromatic carbocycles.